The van der Waals surface area contributed by atoms with Gasteiger partial charge in [0.25, 0.3) is 0 Å². The van der Waals surface area contributed by atoms with Gasteiger partial charge in [0.2, 0.25) is 0 Å². The van der Waals surface area contributed by atoms with Crippen LogP contribution < -0.4 is 10.1 Å². The van der Waals surface area contributed by atoms with E-state index in [1.165, 1.54) is 19.2 Å². The minimum absolute atomic E-state index is 0.344. The Morgan fingerprint density at radius 2 is 2.00 bits per heavy atom. The Hall–Kier alpha value is -1.45. The van der Waals surface area contributed by atoms with Crippen LogP contribution in [0, 0.1) is 5.82 Å². The van der Waals surface area contributed by atoms with Crippen molar-refractivity contribution in [1.82, 2.24) is 0 Å². The van der Waals surface area contributed by atoms with E-state index in [0.717, 1.165) is 5.56 Å². The molecule has 0 saturated heterocycles. The summed E-state index contributed by atoms with van der Waals surface area (Å²) in [5.74, 6) is 0.0985. The number of nitrogens with one attached hydrogen (secondary N) is 1. The Kier molecular flexibility index (Phi) is 4.51. The summed E-state index contributed by atoms with van der Waals surface area (Å²) in [6.07, 6.45) is 0. The zero-order valence-corrected chi connectivity index (χ0v) is 11.7. The number of anilines is 1. The average Bonchev–Trinajstić information content (AvgIpc) is 2.41. The molecule has 0 atom stereocenters. The maximum atomic E-state index is 13.1. The number of hydrogen-bond acceptors (Lipinski definition) is 2. The van der Waals surface area contributed by atoms with E-state index in [9.17, 15) is 4.39 Å². The predicted octanol–water partition coefficient (Wildman–Crippen LogP) is 4.75. The summed E-state index contributed by atoms with van der Waals surface area (Å²) in [5, 5.41) is 4.16. The third kappa shape index (κ3) is 3.31. The Balaban J connectivity index is 2.17. The molecule has 0 saturated carbocycles. The van der Waals surface area contributed by atoms with Crippen LogP contribution in [0.15, 0.2) is 36.4 Å². The van der Waals surface area contributed by atoms with Gasteiger partial charge in [-0.15, -0.1) is 0 Å². The molecule has 0 aliphatic carbocycles. The maximum absolute atomic E-state index is 13.1. The summed E-state index contributed by atoms with van der Waals surface area (Å²) in [4.78, 5) is 0. The van der Waals surface area contributed by atoms with Crippen LogP contribution in [0.3, 0.4) is 0 Å². The van der Waals surface area contributed by atoms with Gasteiger partial charge >= 0.3 is 0 Å². The maximum Gasteiger partial charge on any atom is 0.144 e. The molecule has 0 heterocycles. The Labute approximate surface area is 121 Å². The lowest BCUT2D eigenvalue weighted by molar-refractivity contribution is 0.413. The summed E-state index contributed by atoms with van der Waals surface area (Å²) < 4.78 is 18.2. The molecular formula is C14H12Cl2FNO. The predicted molar refractivity (Wildman–Crippen MR) is 76.7 cm³/mol. The Morgan fingerprint density at radius 1 is 1.21 bits per heavy atom. The number of methoxy groups -OCH3 is 1. The van der Waals surface area contributed by atoms with E-state index in [2.05, 4.69) is 5.32 Å². The van der Waals surface area contributed by atoms with E-state index in [4.69, 9.17) is 27.9 Å². The number of hydrogen-bond donors (Lipinski definition) is 1. The van der Waals surface area contributed by atoms with Gasteiger partial charge in [-0.25, -0.2) is 4.39 Å². The number of rotatable bonds is 4. The monoisotopic (exact) mass is 299 g/mol. The molecule has 100 valence electrons. The molecule has 0 amide bonds. The summed E-state index contributed by atoms with van der Waals surface area (Å²) in [5.41, 5.74) is 1.56. The second-order valence-corrected chi connectivity index (χ2v) is 4.70. The molecule has 2 aromatic rings. The van der Waals surface area contributed by atoms with E-state index in [0.29, 0.717) is 28.0 Å². The molecule has 1 N–H and O–H groups in total. The third-order valence-electron chi connectivity index (χ3n) is 2.66. The molecule has 0 spiro atoms. The molecule has 5 heteroatoms. The molecule has 0 unspecified atom stereocenters. The van der Waals surface area contributed by atoms with Gasteiger partial charge in [-0.1, -0.05) is 35.3 Å². The van der Waals surface area contributed by atoms with Crippen molar-refractivity contribution in [2.75, 3.05) is 12.4 Å². The van der Waals surface area contributed by atoms with Crippen LogP contribution >= 0.6 is 23.2 Å². The molecule has 2 nitrogen and oxygen atoms in total. The molecule has 2 rings (SSSR count). The van der Waals surface area contributed by atoms with Crippen molar-refractivity contribution < 1.29 is 9.13 Å². The normalized spacial score (nSPS) is 10.3. The van der Waals surface area contributed by atoms with E-state index in [1.807, 2.05) is 12.1 Å². The van der Waals surface area contributed by atoms with Gasteiger partial charge in [0.15, 0.2) is 0 Å². The topological polar surface area (TPSA) is 21.3 Å². The molecule has 0 fully saturated rings. The largest absolute Gasteiger partial charge is 0.494 e. The summed E-state index contributed by atoms with van der Waals surface area (Å²) >= 11 is 12.0. The van der Waals surface area contributed by atoms with Crippen LogP contribution in [-0.2, 0) is 6.54 Å². The van der Waals surface area contributed by atoms with E-state index in [1.54, 1.807) is 12.1 Å². The summed E-state index contributed by atoms with van der Waals surface area (Å²) in [7, 11) is 1.49. The van der Waals surface area contributed by atoms with Crippen LogP contribution in [-0.4, -0.2) is 7.11 Å². The smallest absolute Gasteiger partial charge is 0.144 e. The van der Waals surface area contributed by atoms with Gasteiger partial charge in [-0.2, -0.15) is 0 Å². The fraction of sp³-hybridized carbons (Fsp3) is 0.143. The molecule has 0 aliphatic rings. The van der Waals surface area contributed by atoms with E-state index in [-0.39, 0.29) is 5.82 Å². The first kappa shape index (κ1) is 14.0. The highest BCUT2D eigenvalue weighted by Crippen LogP contribution is 2.28. The van der Waals surface area contributed by atoms with Crippen LogP contribution in [0.5, 0.6) is 5.75 Å². The first-order valence-corrected chi connectivity index (χ1v) is 6.37. The van der Waals surface area contributed by atoms with E-state index >= 15 is 0 Å². The third-order valence-corrected chi connectivity index (χ3v) is 3.52. The van der Waals surface area contributed by atoms with Crippen molar-refractivity contribution in [3.8, 4) is 5.75 Å². The van der Waals surface area contributed by atoms with Crippen LogP contribution in [0.1, 0.15) is 5.56 Å². The van der Waals surface area contributed by atoms with Crippen molar-refractivity contribution in [1.29, 1.82) is 0 Å². The van der Waals surface area contributed by atoms with Gasteiger partial charge in [0.05, 0.1) is 22.8 Å². The standard InChI is InChI=1S/C14H12Cl2FNO/c1-19-13-7-10(17)5-6-12(13)18-8-9-3-2-4-11(15)14(9)16/h2-7,18H,8H2,1H3. The highest BCUT2D eigenvalue weighted by Gasteiger charge is 2.07. The molecule has 0 radical (unpaired) electrons. The molecule has 0 bridgehead atoms. The van der Waals surface area contributed by atoms with Gasteiger partial charge < -0.3 is 10.1 Å². The number of benzene rings is 2. The van der Waals surface area contributed by atoms with Crippen molar-refractivity contribution in [3.63, 3.8) is 0 Å². The first-order valence-electron chi connectivity index (χ1n) is 5.62. The minimum atomic E-state index is -0.344. The first-order chi connectivity index (χ1) is 9.11. The van der Waals surface area contributed by atoms with Gasteiger partial charge in [-0.3, -0.25) is 0 Å². The minimum Gasteiger partial charge on any atom is -0.494 e. The zero-order chi connectivity index (χ0) is 13.8. The number of halogens is 3. The van der Waals surface area contributed by atoms with E-state index < -0.39 is 0 Å². The van der Waals surface area contributed by atoms with Crippen LogP contribution in [0.4, 0.5) is 10.1 Å². The van der Waals surface area contributed by atoms with Crippen LogP contribution in [0.2, 0.25) is 10.0 Å². The van der Waals surface area contributed by atoms with Gasteiger partial charge in [0.1, 0.15) is 11.6 Å². The second-order valence-electron chi connectivity index (χ2n) is 3.91. The lowest BCUT2D eigenvalue weighted by atomic mass is 10.2. The lowest BCUT2D eigenvalue weighted by Gasteiger charge is -2.12. The quantitative estimate of drug-likeness (QED) is 0.879. The Bertz CT molecular complexity index is 590. The van der Waals surface area contributed by atoms with Crippen LogP contribution in [0.25, 0.3) is 0 Å². The summed E-state index contributed by atoms with van der Waals surface area (Å²) in [6, 6.07) is 9.73. The van der Waals surface area contributed by atoms with Crippen molar-refractivity contribution >= 4 is 28.9 Å². The van der Waals surface area contributed by atoms with Crippen molar-refractivity contribution in [3.05, 3.63) is 57.8 Å². The van der Waals surface area contributed by atoms with Crippen molar-refractivity contribution in [2.45, 2.75) is 6.54 Å². The van der Waals surface area contributed by atoms with Gasteiger partial charge in [-0.05, 0) is 23.8 Å². The SMILES string of the molecule is COc1cc(F)ccc1NCc1cccc(Cl)c1Cl. The number of ether oxygens (including phenoxy) is 1. The fourth-order valence-electron chi connectivity index (χ4n) is 1.69. The van der Waals surface area contributed by atoms with Gasteiger partial charge in [0, 0.05) is 12.6 Å². The second kappa shape index (κ2) is 6.13. The molecule has 0 aromatic heterocycles. The average molecular weight is 300 g/mol. The fourth-order valence-corrected chi connectivity index (χ4v) is 2.07. The Morgan fingerprint density at radius 3 is 2.74 bits per heavy atom. The summed E-state index contributed by atoms with van der Waals surface area (Å²) in [6.45, 7) is 0.474. The highest BCUT2D eigenvalue weighted by atomic mass is 35.5. The molecular weight excluding hydrogens is 288 g/mol. The van der Waals surface area contributed by atoms with Crippen molar-refractivity contribution in [2.24, 2.45) is 0 Å². The highest BCUT2D eigenvalue weighted by molar-refractivity contribution is 6.42. The molecule has 2 aromatic carbocycles. The lowest BCUT2D eigenvalue weighted by Crippen LogP contribution is -2.02. The molecule has 19 heavy (non-hydrogen) atoms. The zero-order valence-electron chi connectivity index (χ0n) is 10.2. The molecule has 0 aliphatic heterocycles.